The number of anilines is 1. The molecule has 0 aliphatic carbocycles. The van der Waals surface area contributed by atoms with Gasteiger partial charge in [0.1, 0.15) is 0 Å². The van der Waals surface area contributed by atoms with E-state index in [0.717, 1.165) is 24.9 Å². The number of hydrogen-bond acceptors (Lipinski definition) is 4. The Morgan fingerprint density at radius 3 is 2.67 bits per heavy atom. The van der Waals surface area contributed by atoms with Crippen molar-refractivity contribution >= 4 is 28.9 Å². The van der Waals surface area contributed by atoms with Gasteiger partial charge in [-0.15, -0.1) is 5.10 Å². The van der Waals surface area contributed by atoms with Gasteiger partial charge in [-0.3, -0.25) is 0 Å². The molecule has 1 aromatic carbocycles. The fourth-order valence-electron chi connectivity index (χ4n) is 2.12. The van der Waals surface area contributed by atoms with Gasteiger partial charge in [0.25, 0.3) is 0 Å². The first-order valence-electron chi connectivity index (χ1n) is 7.00. The fourth-order valence-corrected chi connectivity index (χ4v) is 2.45. The maximum absolute atomic E-state index is 6.06. The van der Waals surface area contributed by atoms with Crippen LogP contribution in [0.4, 0.5) is 5.69 Å². The van der Waals surface area contributed by atoms with Gasteiger partial charge in [0.2, 0.25) is 0 Å². The second-order valence-corrected chi connectivity index (χ2v) is 6.26. The number of benzene rings is 1. The highest BCUT2D eigenvalue weighted by molar-refractivity contribution is 6.43. The quantitative estimate of drug-likeness (QED) is 0.641. The third-order valence-electron chi connectivity index (χ3n) is 3.25. The Morgan fingerprint density at radius 2 is 2.00 bits per heavy atom. The lowest BCUT2D eigenvalue weighted by molar-refractivity contribution is 0.487. The second-order valence-electron chi connectivity index (χ2n) is 5.48. The zero-order valence-corrected chi connectivity index (χ0v) is 13.7. The van der Waals surface area contributed by atoms with Crippen LogP contribution < -0.4 is 5.73 Å². The van der Waals surface area contributed by atoms with E-state index >= 15 is 0 Å². The average molecular weight is 328 g/mol. The first kappa shape index (κ1) is 16.0. The molecule has 1 heterocycles. The molecule has 1 aromatic heterocycles. The molecule has 0 radical (unpaired) electrons. The van der Waals surface area contributed by atoms with Gasteiger partial charge < -0.3 is 5.73 Å². The summed E-state index contributed by atoms with van der Waals surface area (Å²) in [5.74, 6) is 1.37. The molecule has 0 aliphatic rings. The van der Waals surface area contributed by atoms with Gasteiger partial charge in [-0.1, -0.05) is 49.9 Å². The molecule has 0 atom stereocenters. The number of aromatic nitrogens is 4. The van der Waals surface area contributed by atoms with E-state index in [-0.39, 0.29) is 0 Å². The van der Waals surface area contributed by atoms with E-state index in [9.17, 15) is 0 Å². The van der Waals surface area contributed by atoms with Crippen LogP contribution in [0.5, 0.6) is 0 Å². The van der Waals surface area contributed by atoms with Crippen molar-refractivity contribution in [1.82, 2.24) is 20.2 Å². The number of tetrazole rings is 1. The average Bonchev–Trinajstić information content (AvgIpc) is 2.88. The number of nitrogens with zero attached hydrogens (tertiary/aromatic N) is 4. The first-order valence-corrected chi connectivity index (χ1v) is 7.75. The van der Waals surface area contributed by atoms with E-state index in [0.29, 0.717) is 27.5 Å². The van der Waals surface area contributed by atoms with Gasteiger partial charge in [-0.2, -0.15) is 0 Å². The molecule has 21 heavy (non-hydrogen) atoms. The minimum atomic E-state index is 0.358. The van der Waals surface area contributed by atoms with Gasteiger partial charge in [-0.05, 0) is 34.9 Å². The number of hydrogen-bond donors (Lipinski definition) is 1. The lowest BCUT2D eigenvalue weighted by Crippen LogP contribution is -2.04. The molecular formula is C14H19Cl2N5. The number of rotatable bonds is 6. The standard InChI is InChI=1S/C14H19Cl2N5/c1-9(2)5-3-4-6-21-14(18-19-20-21)10-7-11(15)13(16)12(17)8-10/h7-9H,3-6,17H2,1-2H3. The smallest absolute Gasteiger partial charge is 0.182 e. The summed E-state index contributed by atoms with van der Waals surface area (Å²) >= 11 is 12.0. The van der Waals surface area contributed by atoms with E-state index < -0.39 is 0 Å². The lowest BCUT2D eigenvalue weighted by atomic mass is 10.1. The van der Waals surface area contributed by atoms with Gasteiger partial charge in [0.15, 0.2) is 5.82 Å². The number of nitrogens with two attached hydrogens (primary N) is 1. The maximum atomic E-state index is 6.06. The number of unbranched alkanes of at least 4 members (excludes halogenated alkanes) is 1. The maximum Gasteiger partial charge on any atom is 0.182 e. The molecule has 2 N–H and O–H groups in total. The van der Waals surface area contributed by atoms with Gasteiger partial charge in [0, 0.05) is 12.1 Å². The van der Waals surface area contributed by atoms with E-state index in [1.54, 1.807) is 16.8 Å². The summed E-state index contributed by atoms with van der Waals surface area (Å²) in [4.78, 5) is 0. The molecule has 0 fully saturated rings. The highest BCUT2D eigenvalue weighted by atomic mass is 35.5. The molecule has 0 spiro atoms. The summed E-state index contributed by atoms with van der Waals surface area (Å²) in [5, 5.41) is 12.6. The van der Waals surface area contributed by atoms with Crippen molar-refractivity contribution in [2.75, 3.05) is 5.73 Å². The molecule has 2 rings (SSSR count). The van der Waals surface area contributed by atoms with Crippen molar-refractivity contribution in [3.05, 3.63) is 22.2 Å². The third-order valence-corrected chi connectivity index (χ3v) is 4.06. The van der Waals surface area contributed by atoms with Crippen LogP contribution >= 0.6 is 23.2 Å². The Kier molecular flexibility index (Phi) is 5.42. The Bertz CT molecular complexity index is 586. The van der Waals surface area contributed by atoms with E-state index in [2.05, 4.69) is 29.4 Å². The molecule has 7 heteroatoms. The highest BCUT2D eigenvalue weighted by Gasteiger charge is 2.13. The second kappa shape index (κ2) is 7.09. The van der Waals surface area contributed by atoms with Crippen LogP contribution in [-0.4, -0.2) is 20.2 Å². The lowest BCUT2D eigenvalue weighted by Gasteiger charge is -2.08. The molecular weight excluding hydrogens is 309 g/mol. The summed E-state index contributed by atoms with van der Waals surface area (Å²) < 4.78 is 1.78. The summed E-state index contributed by atoms with van der Waals surface area (Å²) in [6.07, 6.45) is 3.39. The van der Waals surface area contributed by atoms with Gasteiger partial charge >= 0.3 is 0 Å². The normalized spacial score (nSPS) is 11.3. The largest absolute Gasteiger partial charge is 0.397 e. The molecule has 0 unspecified atom stereocenters. The van der Waals surface area contributed by atoms with Crippen LogP contribution in [0.1, 0.15) is 33.1 Å². The summed E-state index contributed by atoms with van der Waals surface area (Å²) in [5.41, 5.74) is 7.04. The Balaban J connectivity index is 2.13. The van der Waals surface area contributed by atoms with Crippen molar-refractivity contribution in [3.8, 4) is 11.4 Å². The van der Waals surface area contributed by atoms with Crippen molar-refractivity contribution in [2.24, 2.45) is 5.92 Å². The molecule has 0 saturated heterocycles. The summed E-state index contributed by atoms with van der Waals surface area (Å²) in [6, 6.07) is 3.47. The van der Waals surface area contributed by atoms with Crippen LogP contribution in [0.3, 0.4) is 0 Å². The zero-order chi connectivity index (χ0) is 15.4. The Hall–Kier alpha value is -1.33. The van der Waals surface area contributed by atoms with E-state index in [1.807, 2.05) is 0 Å². The van der Waals surface area contributed by atoms with Crippen molar-refractivity contribution in [1.29, 1.82) is 0 Å². The van der Waals surface area contributed by atoms with Crippen LogP contribution in [0.15, 0.2) is 12.1 Å². The number of nitrogen functional groups attached to an aromatic ring is 1. The van der Waals surface area contributed by atoms with E-state index in [1.165, 1.54) is 6.42 Å². The number of aryl methyl sites for hydroxylation is 1. The molecule has 0 aliphatic heterocycles. The van der Waals surface area contributed by atoms with Crippen molar-refractivity contribution in [2.45, 2.75) is 39.7 Å². The predicted molar refractivity (Wildman–Crippen MR) is 86.4 cm³/mol. The summed E-state index contributed by atoms with van der Waals surface area (Å²) in [6.45, 7) is 5.22. The van der Waals surface area contributed by atoms with Crippen LogP contribution in [-0.2, 0) is 6.54 Å². The molecule has 0 saturated carbocycles. The SMILES string of the molecule is CC(C)CCCCn1nnnc1-c1cc(N)c(Cl)c(Cl)c1. The van der Waals surface area contributed by atoms with Gasteiger partial charge in [-0.25, -0.2) is 4.68 Å². The molecule has 0 amide bonds. The predicted octanol–water partition coefficient (Wildman–Crippen LogP) is 4.06. The minimum Gasteiger partial charge on any atom is -0.397 e. The zero-order valence-electron chi connectivity index (χ0n) is 12.2. The van der Waals surface area contributed by atoms with Crippen molar-refractivity contribution in [3.63, 3.8) is 0 Å². The topological polar surface area (TPSA) is 69.6 Å². The van der Waals surface area contributed by atoms with Crippen LogP contribution in [0.2, 0.25) is 10.0 Å². The Morgan fingerprint density at radius 1 is 1.24 bits per heavy atom. The van der Waals surface area contributed by atoms with Gasteiger partial charge in [0.05, 0.1) is 15.7 Å². The third kappa shape index (κ3) is 4.08. The molecule has 114 valence electrons. The fraction of sp³-hybridized carbons (Fsp3) is 0.500. The Labute approximate surface area is 134 Å². The van der Waals surface area contributed by atoms with Crippen molar-refractivity contribution < 1.29 is 0 Å². The minimum absolute atomic E-state index is 0.358. The molecule has 5 nitrogen and oxygen atoms in total. The number of halogens is 2. The highest BCUT2D eigenvalue weighted by Crippen LogP contribution is 2.32. The molecule has 0 bridgehead atoms. The monoisotopic (exact) mass is 327 g/mol. The van der Waals surface area contributed by atoms with E-state index in [4.69, 9.17) is 28.9 Å². The van der Waals surface area contributed by atoms with Crippen LogP contribution in [0.25, 0.3) is 11.4 Å². The molecule has 2 aromatic rings. The summed E-state index contributed by atoms with van der Waals surface area (Å²) in [7, 11) is 0. The van der Waals surface area contributed by atoms with Crippen LogP contribution in [0, 0.1) is 5.92 Å². The first-order chi connectivity index (χ1) is 9.99.